The zero-order chi connectivity index (χ0) is 15.5. The number of sulfonamides is 1. The summed E-state index contributed by atoms with van der Waals surface area (Å²) in [4.78, 5) is 12.0. The van der Waals surface area contributed by atoms with E-state index in [2.05, 4.69) is 5.32 Å². The van der Waals surface area contributed by atoms with Gasteiger partial charge in [-0.3, -0.25) is 4.79 Å². The third-order valence-corrected chi connectivity index (χ3v) is 4.09. The van der Waals surface area contributed by atoms with Crippen molar-refractivity contribution >= 4 is 33.2 Å². The normalized spacial score (nSPS) is 11.1. The lowest BCUT2D eigenvalue weighted by Crippen LogP contribution is -2.18. The fourth-order valence-corrected chi connectivity index (χ4v) is 2.63. The van der Waals surface area contributed by atoms with E-state index in [1.807, 2.05) is 0 Å². The molecule has 0 aliphatic heterocycles. The zero-order valence-corrected chi connectivity index (χ0v) is 12.5. The number of hydrogen-bond acceptors (Lipinski definition) is 3. The molecule has 0 spiro atoms. The number of nitrogens with two attached hydrogens (primary N) is 1. The highest BCUT2D eigenvalue weighted by Crippen LogP contribution is 2.20. The van der Waals surface area contributed by atoms with Gasteiger partial charge in [-0.15, -0.1) is 11.6 Å². The van der Waals surface area contributed by atoms with Gasteiger partial charge in [0.1, 0.15) is 4.90 Å². The second-order valence-electron chi connectivity index (χ2n) is 4.33. The first kappa shape index (κ1) is 15.5. The molecule has 0 radical (unpaired) electrons. The molecule has 21 heavy (non-hydrogen) atoms. The molecule has 2 aromatic rings. The maximum atomic E-state index is 12.1. The Morgan fingerprint density at radius 2 is 1.71 bits per heavy atom. The Morgan fingerprint density at radius 1 is 1.10 bits per heavy atom. The highest BCUT2D eigenvalue weighted by Gasteiger charge is 2.15. The van der Waals surface area contributed by atoms with Gasteiger partial charge in [0.05, 0.1) is 5.69 Å². The van der Waals surface area contributed by atoms with E-state index in [1.54, 1.807) is 30.3 Å². The molecular formula is C14H13ClN2O3S. The van der Waals surface area contributed by atoms with Crippen LogP contribution in [-0.4, -0.2) is 14.3 Å². The van der Waals surface area contributed by atoms with Gasteiger partial charge in [0, 0.05) is 11.4 Å². The molecular weight excluding hydrogens is 312 g/mol. The van der Waals surface area contributed by atoms with E-state index in [-0.39, 0.29) is 10.6 Å². The summed E-state index contributed by atoms with van der Waals surface area (Å²) in [6.45, 7) is 0. The molecule has 2 aromatic carbocycles. The molecule has 7 heteroatoms. The van der Waals surface area contributed by atoms with Crippen LogP contribution in [-0.2, 0) is 15.9 Å². The number of hydrogen-bond donors (Lipinski definition) is 2. The molecule has 3 N–H and O–H groups in total. The highest BCUT2D eigenvalue weighted by molar-refractivity contribution is 7.89. The van der Waals surface area contributed by atoms with Gasteiger partial charge in [-0.2, -0.15) is 0 Å². The van der Waals surface area contributed by atoms with Crippen LogP contribution in [0.2, 0.25) is 0 Å². The van der Waals surface area contributed by atoms with Crippen LogP contribution in [0.1, 0.15) is 15.9 Å². The number of anilines is 1. The van der Waals surface area contributed by atoms with Crippen LogP contribution in [0, 0.1) is 0 Å². The summed E-state index contributed by atoms with van der Waals surface area (Å²) in [5.41, 5.74) is 1.43. The number of benzene rings is 2. The number of alkyl halides is 1. The molecule has 2 rings (SSSR count). The number of rotatable bonds is 4. The first-order chi connectivity index (χ1) is 9.91. The Morgan fingerprint density at radius 3 is 2.29 bits per heavy atom. The van der Waals surface area contributed by atoms with Crippen molar-refractivity contribution in [2.45, 2.75) is 10.8 Å². The van der Waals surface area contributed by atoms with E-state index < -0.39 is 15.9 Å². The standard InChI is InChI=1S/C14H13ClN2O3S/c15-9-10-5-7-11(8-6-10)14(18)17-12-3-1-2-4-13(12)21(16,19)20/h1-8H,9H2,(H,17,18)(H2,16,19,20). The van der Waals surface area contributed by atoms with Crippen LogP contribution in [0.15, 0.2) is 53.4 Å². The number of carbonyl (C=O) groups is 1. The van der Waals surface area contributed by atoms with E-state index in [0.29, 0.717) is 11.4 Å². The summed E-state index contributed by atoms with van der Waals surface area (Å²) in [5, 5.41) is 7.66. The zero-order valence-electron chi connectivity index (χ0n) is 10.9. The summed E-state index contributed by atoms with van der Waals surface area (Å²) in [6, 6.07) is 12.7. The topological polar surface area (TPSA) is 89.3 Å². The van der Waals surface area contributed by atoms with Crippen molar-refractivity contribution in [1.29, 1.82) is 0 Å². The molecule has 0 saturated carbocycles. The average Bonchev–Trinajstić information content (AvgIpc) is 2.47. The summed E-state index contributed by atoms with van der Waals surface area (Å²) in [6.07, 6.45) is 0. The molecule has 1 amide bonds. The maximum Gasteiger partial charge on any atom is 0.255 e. The fourth-order valence-electron chi connectivity index (χ4n) is 1.76. The van der Waals surface area contributed by atoms with Gasteiger partial charge >= 0.3 is 0 Å². The van der Waals surface area contributed by atoms with Crippen LogP contribution in [0.3, 0.4) is 0 Å². The molecule has 0 saturated heterocycles. The van der Waals surface area contributed by atoms with Crippen molar-refractivity contribution in [2.75, 3.05) is 5.32 Å². The van der Waals surface area contributed by atoms with Crippen LogP contribution < -0.4 is 10.5 Å². The molecule has 0 aliphatic carbocycles. The second kappa shape index (κ2) is 6.26. The number of nitrogens with one attached hydrogen (secondary N) is 1. The summed E-state index contributed by atoms with van der Waals surface area (Å²) in [7, 11) is -3.90. The predicted molar refractivity (Wildman–Crippen MR) is 81.8 cm³/mol. The van der Waals surface area contributed by atoms with Gasteiger partial charge in [0.15, 0.2) is 0 Å². The predicted octanol–water partition coefficient (Wildman–Crippen LogP) is 2.33. The Hall–Kier alpha value is -1.89. The SMILES string of the molecule is NS(=O)(=O)c1ccccc1NC(=O)c1ccc(CCl)cc1. The molecule has 0 fully saturated rings. The molecule has 110 valence electrons. The molecule has 5 nitrogen and oxygen atoms in total. The second-order valence-corrected chi connectivity index (χ2v) is 6.12. The van der Waals surface area contributed by atoms with Gasteiger partial charge in [-0.25, -0.2) is 13.6 Å². The third-order valence-electron chi connectivity index (χ3n) is 2.81. The third kappa shape index (κ3) is 3.81. The minimum Gasteiger partial charge on any atom is -0.321 e. The molecule has 0 atom stereocenters. The van der Waals surface area contributed by atoms with Crippen LogP contribution in [0.4, 0.5) is 5.69 Å². The van der Waals surface area contributed by atoms with E-state index in [9.17, 15) is 13.2 Å². The van der Waals surface area contributed by atoms with Gasteiger partial charge < -0.3 is 5.32 Å². The maximum absolute atomic E-state index is 12.1. The first-order valence-electron chi connectivity index (χ1n) is 6.00. The van der Waals surface area contributed by atoms with Gasteiger partial charge in [0.25, 0.3) is 5.91 Å². The minimum atomic E-state index is -3.90. The van der Waals surface area contributed by atoms with Gasteiger partial charge in [-0.1, -0.05) is 24.3 Å². The Kier molecular flexibility index (Phi) is 4.62. The van der Waals surface area contributed by atoms with Crippen molar-refractivity contribution in [3.8, 4) is 0 Å². The quantitative estimate of drug-likeness (QED) is 0.846. The number of carbonyl (C=O) groups excluding carboxylic acids is 1. The van der Waals surface area contributed by atoms with E-state index in [4.69, 9.17) is 16.7 Å². The first-order valence-corrected chi connectivity index (χ1v) is 8.08. The number of para-hydroxylation sites is 1. The molecule has 0 unspecified atom stereocenters. The lowest BCUT2D eigenvalue weighted by Gasteiger charge is -2.09. The van der Waals surface area contributed by atoms with Crippen LogP contribution in [0.25, 0.3) is 0 Å². The molecule has 0 heterocycles. The van der Waals surface area contributed by atoms with Crippen molar-refractivity contribution in [3.05, 3.63) is 59.7 Å². The molecule has 0 bridgehead atoms. The summed E-state index contributed by atoms with van der Waals surface area (Å²) < 4.78 is 22.9. The number of amides is 1. The highest BCUT2D eigenvalue weighted by atomic mass is 35.5. The monoisotopic (exact) mass is 324 g/mol. The van der Waals surface area contributed by atoms with Crippen molar-refractivity contribution in [1.82, 2.24) is 0 Å². The fraction of sp³-hybridized carbons (Fsp3) is 0.0714. The van der Waals surface area contributed by atoms with E-state index in [0.717, 1.165) is 5.56 Å². The van der Waals surface area contributed by atoms with Gasteiger partial charge in [0.2, 0.25) is 10.0 Å². The number of halogens is 1. The van der Waals surface area contributed by atoms with E-state index >= 15 is 0 Å². The lowest BCUT2D eigenvalue weighted by molar-refractivity contribution is 0.102. The van der Waals surface area contributed by atoms with Crippen molar-refractivity contribution in [3.63, 3.8) is 0 Å². The lowest BCUT2D eigenvalue weighted by atomic mass is 10.1. The minimum absolute atomic E-state index is 0.129. The average molecular weight is 325 g/mol. The van der Waals surface area contributed by atoms with Crippen LogP contribution >= 0.6 is 11.6 Å². The smallest absolute Gasteiger partial charge is 0.255 e. The van der Waals surface area contributed by atoms with Gasteiger partial charge in [-0.05, 0) is 29.8 Å². The Labute approximate surface area is 127 Å². The summed E-state index contributed by atoms with van der Waals surface area (Å²) >= 11 is 5.68. The van der Waals surface area contributed by atoms with E-state index in [1.165, 1.54) is 18.2 Å². The largest absolute Gasteiger partial charge is 0.321 e. The molecule has 0 aromatic heterocycles. The number of primary sulfonamides is 1. The van der Waals surface area contributed by atoms with Crippen LogP contribution in [0.5, 0.6) is 0 Å². The van der Waals surface area contributed by atoms with Crippen molar-refractivity contribution in [2.24, 2.45) is 5.14 Å². The molecule has 0 aliphatic rings. The Balaban J connectivity index is 2.27. The Bertz CT molecular complexity index is 758. The van der Waals surface area contributed by atoms with Crippen molar-refractivity contribution < 1.29 is 13.2 Å². The summed E-state index contributed by atoms with van der Waals surface area (Å²) in [5.74, 6) is -0.0666.